The van der Waals surface area contributed by atoms with Crippen molar-refractivity contribution in [3.8, 4) is 0 Å². The number of ether oxygens (including phenoxy) is 2. The molecule has 14 heavy (non-hydrogen) atoms. The number of hydrogen-bond donors (Lipinski definition) is 0. The number of thioether (sulfide) groups is 1. The lowest BCUT2D eigenvalue weighted by atomic mass is 10.2. The molecule has 1 heterocycles. The van der Waals surface area contributed by atoms with Gasteiger partial charge < -0.3 is 9.47 Å². The largest absolute Gasteiger partial charge is 0.353 e. The van der Waals surface area contributed by atoms with Gasteiger partial charge in [0.2, 0.25) is 0 Å². The van der Waals surface area contributed by atoms with Crippen LogP contribution in [0.15, 0.2) is 0 Å². The fourth-order valence-corrected chi connectivity index (χ4v) is 2.45. The molecular formula is C11H22O2S. The van der Waals surface area contributed by atoms with Crippen LogP contribution in [0.5, 0.6) is 0 Å². The minimum absolute atomic E-state index is 0.0770. The summed E-state index contributed by atoms with van der Waals surface area (Å²) in [6.45, 7) is 6.31. The molecule has 0 saturated carbocycles. The van der Waals surface area contributed by atoms with Gasteiger partial charge in [-0.3, -0.25) is 0 Å². The Morgan fingerprint density at radius 1 is 1.36 bits per heavy atom. The van der Waals surface area contributed by atoms with Crippen molar-refractivity contribution in [1.82, 2.24) is 0 Å². The van der Waals surface area contributed by atoms with Crippen molar-refractivity contribution in [3.63, 3.8) is 0 Å². The van der Waals surface area contributed by atoms with Gasteiger partial charge in [-0.05, 0) is 23.8 Å². The zero-order valence-electron chi connectivity index (χ0n) is 9.33. The maximum Gasteiger partial charge on any atom is 0.158 e. The molecule has 0 aromatic carbocycles. The molecule has 84 valence electrons. The van der Waals surface area contributed by atoms with Crippen LogP contribution < -0.4 is 0 Å². The maximum atomic E-state index is 5.48. The number of hydrogen-bond acceptors (Lipinski definition) is 3. The van der Waals surface area contributed by atoms with E-state index in [-0.39, 0.29) is 6.29 Å². The first kappa shape index (κ1) is 12.3. The molecule has 0 N–H and O–H groups in total. The first-order valence-corrected chi connectivity index (χ1v) is 6.79. The van der Waals surface area contributed by atoms with E-state index in [4.69, 9.17) is 9.47 Å². The van der Waals surface area contributed by atoms with Crippen molar-refractivity contribution in [2.24, 2.45) is 5.92 Å². The summed E-state index contributed by atoms with van der Waals surface area (Å²) in [5, 5.41) is 0. The summed E-state index contributed by atoms with van der Waals surface area (Å²) in [5.74, 6) is 3.27. The summed E-state index contributed by atoms with van der Waals surface area (Å²) in [4.78, 5) is 0. The Hall–Kier alpha value is 0.270. The smallest absolute Gasteiger partial charge is 0.158 e. The van der Waals surface area contributed by atoms with E-state index >= 15 is 0 Å². The van der Waals surface area contributed by atoms with E-state index < -0.39 is 0 Å². The minimum atomic E-state index is 0.0770. The molecule has 0 aromatic rings. The van der Waals surface area contributed by atoms with E-state index in [1.807, 2.05) is 11.8 Å². The molecule has 3 heteroatoms. The molecule has 1 fully saturated rings. The monoisotopic (exact) mass is 218 g/mol. The van der Waals surface area contributed by atoms with E-state index in [0.717, 1.165) is 37.7 Å². The highest BCUT2D eigenvalue weighted by molar-refractivity contribution is 7.99. The van der Waals surface area contributed by atoms with E-state index in [9.17, 15) is 0 Å². The molecule has 1 aliphatic heterocycles. The van der Waals surface area contributed by atoms with Crippen LogP contribution in [0.3, 0.4) is 0 Å². The molecule has 0 bridgehead atoms. The van der Waals surface area contributed by atoms with E-state index in [2.05, 4.69) is 13.8 Å². The molecule has 1 atom stereocenters. The first-order chi connectivity index (χ1) is 6.83. The van der Waals surface area contributed by atoms with Gasteiger partial charge in [0.05, 0.1) is 13.2 Å². The maximum absolute atomic E-state index is 5.48. The highest BCUT2D eigenvalue weighted by atomic mass is 32.2. The Bertz CT molecular complexity index is 135. The van der Waals surface area contributed by atoms with Crippen molar-refractivity contribution in [3.05, 3.63) is 0 Å². The Labute approximate surface area is 91.7 Å². The van der Waals surface area contributed by atoms with Gasteiger partial charge in [0.25, 0.3) is 0 Å². The topological polar surface area (TPSA) is 18.5 Å². The van der Waals surface area contributed by atoms with Crippen molar-refractivity contribution < 1.29 is 9.47 Å². The second-order valence-electron chi connectivity index (χ2n) is 3.90. The summed E-state index contributed by atoms with van der Waals surface area (Å²) in [5.41, 5.74) is 0. The van der Waals surface area contributed by atoms with Crippen LogP contribution >= 0.6 is 11.8 Å². The van der Waals surface area contributed by atoms with Gasteiger partial charge in [-0.1, -0.05) is 20.3 Å². The summed E-state index contributed by atoms with van der Waals surface area (Å²) in [6.07, 6.45) is 3.45. The second-order valence-corrected chi connectivity index (χ2v) is 5.05. The SMILES string of the molecule is CCC(C)CSCCC1OCCCO1. The average Bonchev–Trinajstić information content (AvgIpc) is 2.25. The lowest BCUT2D eigenvalue weighted by Gasteiger charge is -2.23. The highest BCUT2D eigenvalue weighted by Gasteiger charge is 2.13. The van der Waals surface area contributed by atoms with Crippen molar-refractivity contribution in [2.45, 2.75) is 39.4 Å². The lowest BCUT2D eigenvalue weighted by molar-refractivity contribution is -0.178. The Morgan fingerprint density at radius 2 is 2.07 bits per heavy atom. The van der Waals surface area contributed by atoms with Crippen LogP contribution in [-0.2, 0) is 9.47 Å². The molecule has 0 aliphatic carbocycles. The molecule has 1 aliphatic rings. The second kappa shape index (κ2) is 7.55. The van der Waals surface area contributed by atoms with Crippen LogP contribution in [0.4, 0.5) is 0 Å². The predicted molar refractivity (Wildman–Crippen MR) is 61.7 cm³/mol. The van der Waals surface area contributed by atoms with Gasteiger partial charge in [0.1, 0.15) is 0 Å². The molecule has 0 spiro atoms. The van der Waals surface area contributed by atoms with Crippen LogP contribution in [0.2, 0.25) is 0 Å². The van der Waals surface area contributed by atoms with E-state index in [0.29, 0.717) is 0 Å². The zero-order valence-corrected chi connectivity index (χ0v) is 10.1. The Balaban J connectivity index is 1.92. The van der Waals surface area contributed by atoms with E-state index in [1.165, 1.54) is 12.2 Å². The molecular weight excluding hydrogens is 196 g/mol. The molecule has 0 radical (unpaired) electrons. The first-order valence-electron chi connectivity index (χ1n) is 5.64. The fourth-order valence-electron chi connectivity index (χ4n) is 1.29. The van der Waals surface area contributed by atoms with Crippen molar-refractivity contribution >= 4 is 11.8 Å². The fraction of sp³-hybridized carbons (Fsp3) is 1.00. The highest BCUT2D eigenvalue weighted by Crippen LogP contribution is 2.15. The Kier molecular flexibility index (Phi) is 6.65. The quantitative estimate of drug-likeness (QED) is 0.639. The van der Waals surface area contributed by atoms with Gasteiger partial charge in [-0.25, -0.2) is 0 Å². The van der Waals surface area contributed by atoms with Crippen molar-refractivity contribution in [1.29, 1.82) is 0 Å². The van der Waals surface area contributed by atoms with Crippen LogP contribution in [0, 0.1) is 5.92 Å². The minimum Gasteiger partial charge on any atom is -0.353 e. The molecule has 1 saturated heterocycles. The Morgan fingerprint density at radius 3 is 2.71 bits per heavy atom. The normalized spacial score (nSPS) is 21.0. The summed E-state index contributed by atoms with van der Waals surface area (Å²) in [6, 6.07) is 0. The van der Waals surface area contributed by atoms with Crippen molar-refractivity contribution in [2.75, 3.05) is 24.7 Å². The third-order valence-electron chi connectivity index (χ3n) is 2.49. The van der Waals surface area contributed by atoms with Gasteiger partial charge in [-0.2, -0.15) is 11.8 Å². The van der Waals surface area contributed by atoms with Crippen LogP contribution in [0.1, 0.15) is 33.1 Å². The van der Waals surface area contributed by atoms with Gasteiger partial charge in [0.15, 0.2) is 6.29 Å². The van der Waals surface area contributed by atoms with Gasteiger partial charge >= 0.3 is 0 Å². The predicted octanol–water partition coefficient (Wildman–Crippen LogP) is 2.92. The summed E-state index contributed by atoms with van der Waals surface area (Å²) in [7, 11) is 0. The molecule has 0 amide bonds. The molecule has 0 aromatic heterocycles. The van der Waals surface area contributed by atoms with Gasteiger partial charge in [0, 0.05) is 6.42 Å². The van der Waals surface area contributed by atoms with E-state index in [1.54, 1.807) is 0 Å². The average molecular weight is 218 g/mol. The third-order valence-corrected chi connectivity index (χ3v) is 3.82. The molecule has 1 unspecified atom stereocenters. The molecule has 2 nitrogen and oxygen atoms in total. The summed E-state index contributed by atoms with van der Waals surface area (Å²) < 4.78 is 11.0. The lowest BCUT2D eigenvalue weighted by Crippen LogP contribution is -2.25. The standard InChI is InChI=1S/C11H22O2S/c1-3-10(2)9-14-8-5-11-12-6-4-7-13-11/h10-11H,3-9H2,1-2H3. The summed E-state index contributed by atoms with van der Waals surface area (Å²) >= 11 is 2.02. The zero-order chi connectivity index (χ0) is 10.2. The van der Waals surface area contributed by atoms with Crippen LogP contribution in [-0.4, -0.2) is 31.0 Å². The number of rotatable bonds is 6. The third kappa shape index (κ3) is 5.23. The van der Waals surface area contributed by atoms with Gasteiger partial charge in [-0.15, -0.1) is 0 Å². The van der Waals surface area contributed by atoms with Crippen LogP contribution in [0.25, 0.3) is 0 Å². The molecule has 1 rings (SSSR count).